The van der Waals surface area contributed by atoms with Gasteiger partial charge >= 0.3 is 0 Å². The molecule has 0 radical (unpaired) electrons. The Kier molecular flexibility index (Phi) is 4.14. The number of aromatic nitrogens is 2. The van der Waals surface area contributed by atoms with Crippen molar-refractivity contribution in [2.75, 3.05) is 6.61 Å². The van der Waals surface area contributed by atoms with Gasteiger partial charge in [-0.2, -0.15) is 0 Å². The van der Waals surface area contributed by atoms with Crippen LogP contribution in [-0.4, -0.2) is 28.1 Å². The van der Waals surface area contributed by atoms with Crippen LogP contribution in [0.4, 0.5) is 0 Å². The molecule has 128 valence electrons. The van der Waals surface area contributed by atoms with Crippen molar-refractivity contribution in [2.24, 2.45) is 0 Å². The molecule has 3 heterocycles. The van der Waals surface area contributed by atoms with Crippen molar-refractivity contribution in [1.82, 2.24) is 14.9 Å². The number of aryl methyl sites for hydroxylation is 2. The molecule has 1 fully saturated rings. The topological polar surface area (TPSA) is 69.3 Å². The Morgan fingerprint density at radius 3 is 3.21 bits per heavy atom. The van der Waals surface area contributed by atoms with Gasteiger partial charge in [0.05, 0.1) is 12.3 Å². The molecule has 1 aliphatic carbocycles. The third-order valence-corrected chi connectivity index (χ3v) is 5.04. The van der Waals surface area contributed by atoms with Gasteiger partial charge in [0.1, 0.15) is 11.9 Å². The van der Waals surface area contributed by atoms with Gasteiger partial charge in [0.15, 0.2) is 5.76 Å². The Bertz CT molecular complexity index is 734. The Balaban J connectivity index is 1.54. The lowest BCUT2D eigenvalue weighted by Gasteiger charge is -2.32. The Labute approximate surface area is 141 Å². The largest absolute Gasteiger partial charge is 0.459 e. The minimum absolute atomic E-state index is 0.0823. The van der Waals surface area contributed by atoms with Crippen LogP contribution in [-0.2, 0) is 24.1 Å². The van der Waals surface area contributed by atoms with Crippen LogP contribution >= 0.6 is 0 Å². The minimum Gasteiger partial charge on any atom is -0.459 e. The second kappa shape index (κ2) is 6.43. The van der Waals surface area contributed by atoms with E-state index in [9.17, 15) is 4.79 Å². The molecule has 24 heavy (non-hydrogen) atoms. The fourth-order valence-electron chi connectivity index (χ4n) is 3.81. The average molecular weight is 329 g/mol. The number of hydrogen-bond acceptors (Lipinski definition) is 4. The van der Waals surface area contributed by atoms with E-state index in [1.165, 1.54) is 5.56 Å². The maximum Gasteiger partial charge on any atom is 0.287 e. The first-order valence-electron chi connectivity index (χ1n) is 8.80. The molecule has 6 heteroatoms. The van der Waals surface area contributed by atoms with Crippen LogP contribution in [0.1, 0.15) is 59.8 Å². The summed E-state index contributed by atoms with van der Waals surface area (Å²) in [5.41, 5.74) is 2.26. The highest BCUT2D eigenvalue weighted by Gasteiger charge is 2.33. The van der Waals surface area contributed by atoms with Crippen molar-refractivity contribution in [3.8, 4) is 0 Å². The van der Waals surface area contributed by atoms with E-state index in [2.05, 4.69) is 21.8 Å². The number of nitrogens with one attached hydrogen (secondary N) is 1. The molecule has 2 atom stereocenters. The van der Waals surface area contributed by atoms with E-state index in [0.29, 0.717) is 12.4 Å². The number of ether oxygens (including phenoxy) is 1. The first-order chi connectivity index (χ1) is 11.8. The average Bonchev–Trinajstić information content (AvgIpc) is 3.31. The molecule has 0 spiro atoms. The fraction of sp³-hybridized carbons (Fsp3) is 0.556. The summed E-state index contributed by atoms with van der Waals surface area (Å²) < 4.78 is 13.6. The lowest BCUT2D eigenvalue weighted by Crippen LogP contribution is -2.43. The van der Waals surface area contributed by atoms with E-state index in [1.807, 2.05) is 6.20 Å². The Morgan fingerprint density at radius 2 is 2.33 bits per heavy atom. The normalized spacial score (nSPS) is 23.2. The molecule has 2 aromatic heterocycles. The summed E-state index contributed by atoms with van der Waals surface area (Å²) in [7, 11) is 0. The van der Waals surface area contributed by atoms with E-state index in [1.54, 1.807) is 12.5 Å². The number of carbonyl (C=O) groups excluding carboxylic acids is 1. The van der Waals surface area contributed by atoms with Crippen LogP contribution < -0.4 is 5.32 Å². The molecule has 2 aliphatic rings. The number of imidazole rings is 1. The zero-order chi connectivity index (χ0) is 16.5. The zero-order valence-corrected chi connectivity index (χ0v) is 14.0. The third-order valence-electron chi connectivity index (χ3n) is 5.04. The van der Waals surface area contributed by atoms with Gasteiger partial charge in [0.2, 0.25) is 0 Å². The highest BCUT2D eigenvalue weighted by atomic mass is 16.5. The van der Waals surface area contributed by atoms with Gasteiger partial charge in [-0.05, 0) is 44.6 Å². The summed E-state index contributed by atoms with van der Waals surface area (Å²) in [6.45, 7) is 3.61. The third kappa shape index (κ3) is 2.65. The fourth-order valence-corrected chi connectivity index (χ4v) is 3.81. The highest BCUT2D eigenvalue weighted by molar-refractivity contribution is 5.93. The number of carbonyl (C=O) groups is 1. The predicted molar refractivity (Wildman–Crippen MR) is 87.8 cm³/mol. The lowest BCUT2D eigenvalue weighted by atomic mass is 10.0. The Hall–Kier alpha value is -2.08. The van der Waals surface area contributed by atoms with E-state index < -0.39 is 0 Å². The smallest absolute Gasteiger partial charge is 0.287 e. The van der Waals surface area contributed by atoms with Crippen molar-refractivity contribution in [1.29, 1.82) is 0 Å². The zero-order valence-electron chi connectivity index (χ0n) is 14.0. The first kappa shape index (κ1) is 15.4. The SMILES string of the molecule is CCn1ccnc1[C@@H]1OCCC[C@H]1NC(=O)c1occ2c1CCC2. The van der Waals surface area contributed by atoms with E-state index in [0.717, 1.165) is 50.0 Å². The van der Waals surface area contributed by atoms with E-state index in [-0.39, 0.29) is 18.1 Å². The maximum atomic E-state index is 12.7. The Morgan fingerprint density at radius 1 is 1.42 bits per heavy atom. The molecule has 1 saturated heterocycles. The summed E-state index contributed by atoms with van der Waals surface area (Å²) in [6, 6.07) is -0.0823. The second-order valence-corrected chi connectivity index (χ2v) is 6.51. The molecule has 0 aromatic carbocycles. The van der Waals surface area contributed by atoms with Crippen molar-refractivity contribution in [3.05, 3.63) is 41.4 Å². The van der Waals surface area contributed by atoms with Gasteiger partial charge < -0.3 is 19.0 Å². The summed E-state index contributed by atoms with van der Waals surface area (Å²) in [5, 5.41) is 3.13. The lowest BCUT2D eigenvalue weighted by molar-refractivity contribution is -0.0165. The van der Waals surface area contributed by atoms with Crippen LogP contribution in [0.15, 0.2) is 23.1 Å². The van der Waals surface area contributed by atoms with Gasteiger partial charge in [0.25, 0.3) is 5.91 Å². The summed E-state index contributed by atoms with van der Waals surface area (Å²) in [4.78, 5) is 17.2. The van der Waals surface area contributed by atoms with E-state index in [4.69, 9.17) is 9.15 Å². The molecule has 0 unspecified atom stereocenters. The summed E-state index contributed by atoms with van der Waals surface area (Å²) >= 11 is 0. The van der Waals surface area contributed by atoms with Gasteiger partial charge in [-0.25, -0.2) is 4.98 Å². The van der Waals surface area contributed by atoms with Gasteiger partial charge in [-0.15, -0.1) is 0 Å². The van der Waals surface area contributed by atoms with Crippen molar-refractivity contribution < 1.29 is 13.9 Å². The second-order valence-electron chi connectivity index (χ2n) is 6.51. The minimum atomic E-state index is -0.208. The molecule has 1 aliphatic heterocycles. The van der Waals surface area contributed by atoms with Crippen molar-refractivity contribution in [3.63, 3.8) is 0 Å². The van der Waals surface area contributed by atoms with Crippen LogP contribution in [0.2, 0.25) is 0 Å². The molecule has 4 rings (SSSR count). The van der Waals surface area contributed by atoms with Gasteiger partial charge in [0, 0.05) is 31.1 Å². The summed E-state index contributed by atoms with van der Waals surface area (Å²) in [5.74, 6) is 1.23. The van der Waals surface area contributed by atoms with Crippen LogP contribution in [0.5, 0.6) is 0 Å². The molecule has 1 amide bonds. The monoisotopic (exact) mass is 329 g/mol. The molecular formula is C18H23N3O3. The van der Waals surface area contributed by atoms with Gasteiger partial charge in [-0.1, -0.05) is 0 Å². The van der Waals surface area contributed by atoms with Crippen molar-refractivity contribution >= 4 is 5.91 Å². The maximum absolute atomic E-state index is 12.7. The number of rotatable bonds is 4. The molecule has 0 saturated carbocycles. The first-order valence-corrected chi connectivity index (χ1v) is 8.80. The summed E-state index contributed by atoms with van der Waals surface area (Å²) in [6.07, 6.45) is 10.1. The van der Waals surface area contributed by atoms with E-state index >= 15 is 0 Å². The molecule has 0 bridgehead atoms. The van der Waals surface area contributed by atoms with Crippen LogP contribution in [0, 0.1) is 0 Å². The number of hydrogen-bond donors (Lipinski definition) is 1. The predicted octanol–water partition coefficient (Wildman–Crippen LogP) is 2.63. The quantitative estimate of drug-likeness (QED) is 0.936. The van der Waals surface area contributed by atoms with Crippen LogP contribution in [0.3, 0.4) is 0 Å². The van der Waals surface area contributed by atoms with Gasteiger partial charge in [-0.3, -0.25) is 4.79 Å². The molecule has 2 aromatic rings. The number of furan rings is 1. The molecule has 1 N–H and O–H groups in total. The number of fused-ring (bicyclic) bond motifs is 1. The molecular weight excluding hydrogens is 306 g/mol. The number of nitrogens with zero attached hydrogens (tertiary/aromatic N) is 2. The number of amides is 1. The highest BCUT2D eigenvalue weighted by Crippen LogP contribution is 2.30. The molecule has 6 nitrogen and oxygen atoms in total. The standard InChI is InChI=1S/C18H23N3O3/c1-2-21-9-8-19-17(21)16-14(7-4-10-23-16)20-18(22)15-13-6-3-5-12(13)11-24-15/h8-9,11,14,16H,2-7,10H2,1H3,(H,20,22)/t14-,16-/m1/s1. The van der Waals surface area contributed by atoms with Crippen molar-refractivity contribution in [2.45, 2.75) is 57.7 Å². The van der Waals surface area contributed by atoms with Crippen LogP contribution in [0.25, 0.3) is 0 Å².